The molecule has 0 aliphatic carbocycles. The molecule has 0 aliphatic rings. The normalized spacial score (nSPS) is 10.0. The molecule has 130 valence electrons. The molecule has 25 heavy (non-hydrogen) atoms. The van der Waals surface area contributed by atoms with Gasteiger partial charge in [0.15, 0.2) is 6.61 Å². The van der Waals surface area contributed by atoms with Crippen molar-refractivity contribution in [3.63, 3.8) is 0 Å². The second-order valence-corrected chi connectivity index (χ2v) is 5.92. The van der Waals surface area contributed by atoms with Crippen LogP contribution in [0.2, 0.25) is 0 Å². The topological polar surface area (TPSA) is 88.6 Å². The van der Waals surface area contributed by atoms with Crippen molar-refractivity contribution in [1.29, 1.82) is 0 Å². The summed E-state index contributed by atoms with van der Waals surface area (Å²) in [7, 11) is 1.45. The maximum absolute atomic E-state index is 12.0. The van der Waals surface area contributed by atoms with Gasteiger partial charge < -0.3 is 15.0 Å². The first-order chi connectivity index (χ1) is 12.0. The lowest BCUT2D eigenvalue weighted by molar-refractivity contribution is -0.136. The SMILES string of the molecule is CN(CC(=O)Nc1ccccc1Br)C(=O)COC(=O)c1ccccn1. The van der Waals surface area contributed by atoms with Crippen molar-refractivity contribution in [2.45, 2.75) is 0 Å². The molecule has 0 spiro atoms. The van der Waals surface area contributed by atoms with E-state index >= 15 is 0 Å². The number of halogens is 1. The van der Waals surface area contributed by atoms with Gasteiger partial charge >= 0.3 is 5.97 Å². The van der Waals surface area contributed by atoms with Crippen molar-refractivity contribution >= 4 is 39.4 Å². The van der Waals surface area contributed by atoms with Crippen LogP contribution in [0.3, 0.4) is 0 Å². The van der Waals surface area contributed by atoms with E-state index < -0.39 is 18.5 Å². The summed E-state index contributed by atoms with van der Waals surface area (Å²) in [4.78, 5) is 40.7. The monoisotopic (exact) mass is 405 g/mol. The molecule has 2 rings (SSSR count). The number of rotatable bonds is 6. The van der Waals surface area contributed by atoms with Gasteiger partial charge in [0.25, 0.3) is 5.91 Å². The van der Waals surface area contributed by atoms with Crippen LogP contribution in [-0.2, 0) is 14.3 Å². The van der Waals surface area contributed by atoms with E-state index in [9.17, 15) is 14.4 Å². The second kappa shape index (κ2) is 8.93. The van der Waals surface area contributed by atoms with Crippen LogP contribution in [0.4, 0.5) is 5.69 Å². The first kappa shape index (κ1) is 18.6. The highest BCUT2D eigenvalue weighted by molar-refractivity contribution is 9.10. The van der Waals surface area contributed by atoms with E-state index in [1.54, 1.807) is 30.3 Å². The molecule has 1 heterocycles. The van der Waals surface area contributed by atoms with Crippen LogP contribution < -0.4 is 5.32 Å². The predicted octanol–water partition coefficient (Wildman–Crippen LogP) is 2.10. The standard InChI is InChI=1S/C17H16BrN3O4/c1-21(10-15(22)20-13-7-3-2-6-12(13)18)16(23)11-25-17(24)14-8-4-5-9-19-14/h2-9H,10-11H2,1H3,(H,20,22). The predicted molar refractivity (Wildman–Crippen MR) is 94.9 cm³/mol. The van der Waals surface area contributed by atoms with Gasteiger partial charge in [-0.2, -0.15) is 0 Å². The Hall–Kier alpha value is -2.74. The number of pyridine rings is 1. The fourth-order valence-corrected chi connectivity index (χ4v) is 2.23. The fraction of sp³-hybridized carbons (Fsp3) is 0.176. The van der Waals surface area contributed by atoms with E-state index in [4.69, 9.17) is 4.74 Å². The van der Waals surface area contributed by atoms with Crippen LogP contribution in [-0.4, -0.2) is 47.9 Å². The van der Waals surface area contributed by atoms with Crippen molar-refractivity contribution in [3.05, 3.63) is 58.8 Å². The molecule has 7 nitrogen and oxygen atoms in total. The molecule has 0 saturated carbocycles. The lowest BCUT2D eigenvalue weighted by atomic mass is 10.3. The van der Waals surface area contributed by atoms with Crippen LogP contribution in [0, 0.1) is 0 Å². The van der Waals surface area contributed by atoms with Crippen molar-refractivity contribution in [2.75, 3.05) is 25.5 Å². The summed E-state index contributed by atoms with van der Waals surface area (Å²) in [5, 5.41) is 2.69. The Morgan fingerprint density at radius 1 is 1.16 bits per heavy atom. The average molecular weight is 406 g/mol. The van der Waals surface area contributed by atoms with Crippen molar-refractivity contribution < 1.29 is 19.1 Å². The van der Waals surface area contributed by atoms with Crippen molar-refractivity contribution in [3.8, 4) is 0 Å². The second-order valence-electron chi connectivity index (χ2n) is 5.07. The Kier molecular flexibility index (Phi) is 6.64. The highest BCUT2D eigenvalue weighted by Gasteiger charge is 2.16. The van der Waals surface area contributed by atoms with Gasteiger partial charge in [0.2, 0.25) is 5.91 Å². The number of carbonyl (C=O) groups is 3. The van der Waals surface area contributed by atoms with Gasteiger partial charge in [-0.05, 0) is 40.2 Å². The molecule has 2 amide bonds. The number of amides is 2. The van der Waals surface area contributed by atoms with Crippen molar-refractivity contribution in [1.82, 2.24) is 9.88 Å². The Morgan fingerprint density at radius 2 is 1.88 bits per heavy atom. The summed E-state index contributed by atoms with van der Waals surface area (Å²) in [6.45, 7) is -0.629. The average Bonchev–Trinajstić information content (AvgIpc) is 2.62. The third-order valence-corrected chi connectivity index (χ3v) is 3.85. The highest BCUT2D eigenvalue weighted by atomic mass is 79.9. The maximum atomic E-state index is 12.0. The Morgan fingerprint density at radius 3 is 2.56 bits per heavy atom. The van der Waals surface area contributed by atoms with E-state index in [2.05, 4.69) is 26.2 Å². The van der Waals surface area contributed by atoms with Crippen LogP contribution in [0.1, 0.15) is 10.5 Å². The third kappa shape index (κ3) is 5.68. The summed E-state index contributed by atoms with van der Waals surface area (Å²) < 4.78 is 5.64. The maximum Gasteiger partial charge on any atom is 0.357 e. The highest BCUT2D eigenvalue weighted by Crippen LogP contribution is 2.20. The van der Waals surface area contributed by atoms with E-state index in [0.717, 1.165) is 4.47 Å². The number of nitrogens with zero attached hydrogens (tertiary/aromatic N) is 2. The van der Waals surface area contributed by atoms with Gasteiger partial charge in [-0.25, -0.2) is 9.78 Å². The summed E-state index contributed by atoms with van der Waals surface area (Å²) in [6.07, 6.45) is 1.45. The molecule has 1 aromatic heterocycles. The summed E-state index contributed by atoms with van der Waals surface area (Å²) >= 11 is 3.32. The number of nitrogens with one attached hydrogen (secondary N) is 1. The molecule has 1 N–H and O–H groups in total. The number of aromatic nitrogens is 1. The van der Waals surface area contributed by atoms with Crippen LogP contribution >= 0.6 is 15.9 Å². The van der Waals surface area contributed by atoms with E-state index in [0.29, 0.717) is 5.69 Å². The van der Waals surface area contributed by atoms with Gasteiger partial charge in [0.05, 0.1) is 12.2 Å². The Labute approximate surface area is 153 Å². The minimum atomic E-state index is -0.694. The number of carbonyl (C=O) groups excluding carboxylic acids is 3. The van der Waals surface area contributed by atoms with Crippen LogP contribution in [0.15, 0.2) is 53.1 Å². The summed E-state index contributed by atoms with van der Waals surface area (Å²) in [5.74, 6) is -1.55. The Balaban J connectivity index is 1.81. The Bertz CT molecular complexity index is 767. The molecule has 2 aromatic rings. The lowest BCUT2D eigenvalue weighted by Crippen LogP contribution is -2.37. The first-order valence-electron chi connectivity index (χ1n) is 7.34. The first-order valence-corrected chi connectivity index (χ1v) is 8.13. The number of esters is 1. The van der Waals surface area contributed by atoms with Gasteiger partial charge in [-0.1, -0.05) is 18.2 Å². The number of ether oxygens (including phenoxy) is 1. The molecule has 0 atom stereocenters. The third-order valence-electron chi connectivity index (χ3n) is 3.16. The zero-order chi connectivity index (χ0) is 18.2. The molecular formula is C17H16BrN3O4. The fourth-order valence-electron chi connectivity index (χ4n) is 1.85. The smallest absolute Gasteiger partial charge is 0.357 e. The van der Waals surface area contributed by atoms with Gasteiger partial charge in [-0.3, -0.25) is 9.59 Å². The zero-order valence-corrected chi connectivity index (χ0v) is 15.0. The number of hydrogen-bond donors (Lipinski definition) is 1. The number of para-hydroxylation sites is 1. The molecule has 0 fully saturated rings. The van der Waals surface area contributed by atoms with Crippen LogP contribution in [0.5, 0.6) is 0 Å². The zero-order valence-electron chi connectivity index (χ0n) is 13.4. The van der Waals surface area contributed by atoms with Gasteiger partial charge in [0, 0.05) is 17.7 Å². The minimum Gasteiger partial charge on any atom is -0.451 e. The number of hydrogen-bond acceptors (Lipinski definition) is 5. The molecule has 1 aromatic carbocycles. The molecular weight excluding hydrogens is 390 g/mol. The van der Waals surface area contributed by atoms with E-state index in [-0.39, 0.29) is 18.1 Å². The van der Waals surface area contributed by atoms with Gasteiger partial charge in [0.1, 0.15) is 5.69 Å². The number of likely N-dealkylation sites (N-methyl/N-ethyl adjacent to an activating group) is 1. The van der Waals surface area contributed by atoms with Crippen LogP contribution in [0.25, 0.3) is 0 Å². The summed E-state index contributed by atoms with van der Waals surface area (Å²) in [6, 6.07) is 11.9. The minimum absolute atomic E-state index is 0.115. The molecule has 0 aliphatic heterocycles. The molecule has 8 heteroatoms. The molecule has 0 bridgehead atoms. The molecule has 0 saturated heterocycles. The lowest BCUT2D eigenvalue weighted by Gasteiger charge is -2.17. The number of anilines is 1. The molecule has 0 radical (unpaired) electrons. The largest absolute Gasteiger partial charge is 0.451 e. The van der Waals surface area contributed by atoms with Gasteiger partial charge in [-0.15, -0.1) is 0 Å². The van der Waals surface area contributed by atoms with E-state index in [1.807, 2.05) is 6.07 Å². The van der Waals surface area contributed by atoms with Crippen molar-refractivity contribution in [2.24, 2.45) is 0 Å². The number of benzene rings is 1. The quantitative estimate of drug-likeness (QED) is 0.743. The van der Waals surface area contributed by atoms with E-state index in [1.165, 1.54) is 24.2 Å². The molecule has 0 unspecified atom stereocenters. The summed E-state index contributed by atoms with van der Waals surface area (Å²) in [5.41, 5.74) is 0.722.